The Morgan fingerprint density at radius 2 is 2.09 bits per heavy atom. The Balaban J connectivity index is 0.00000192. The van der Waals surface area contributed by atoms with Crippen molar-refractivity contribution in [1.82, 2.24) is 10.2 Å². The van der Waals surface area contributed by atoms with Gasteiger partial charge in [0.25, 0.3) is 0 Å². The van der Waals surface area contributed by atoms with Crippen molar-refractivity contribution in [2.45, 2.75) is 44.2 Å². The Morgan fingerprint density at radius 1 is 1.30 bits per heavy atom. The molecule has 0 aromatic heterocycles. The summed E-state index contributed by atoms with van der Waals surface area (Å²) >= 11 is 0. The van der Waals surface area contributed by atoms with E-state index in [1.807, 2.05) is 0 Å². The minimum absolute atomic E-state index is 0. The Kier molecular flexibility index (Phi) is 6.88. The number of aryl methyl sites for hydroxylation is 1. The van der Waals surface area contributed by atoms with Crippen LogP contribution in [0.2, 0.25) is 0 Å². The monoisotopic (exact) mass is 338 g/mol. The fraction of sp³-hybridized carbons (Fsp3) is 0.611. The van der Waals surface area contributed by atoms with E-state index in [2.05, 4.69) is 34.5 Å². The number of carbonyl (C=O) groups excluding carboxylic acids is 1. The first-order valence-electron chi connectivity index (χ1n) is 8.40. The number of benzene rings is 1. The number of rotatable bonds is 7. The lowest BCUT2D eigenvalue weighted by Crippen LogP contribution is -2.43. The van der Waals surface area contributed by atoms with Crippen molar-refractivity contribution in [2.24, 2.45) is 0 Å². The molecule has 1 aromatic rings. The van der Waals surface area contributed by atoms with Gasteiger partial charge in [-0.25, -0.2) is 0 Å². The zero-order valence-corrected chi connectivity index (χ0v) is 14.6. The molecule has 1 N–H and O–H groups in total. The molecular weight excluding hydrogens is 312 g/mol. The maximum absolute atomic E-state index is 12.7. The molecular formula is C18H27ClN2O2. The van der Waals surface area contributed by atoms with Crippen LogP contribution in [0.15, 0.2) is 24.3 Å². The molecule has 1 unspecified atom stereocenters. The van der Waals surface area contributed by atoms with Gasteiger partial charge in [0.1, 0.15) is 0 Å². The van der Waals surface area contributed by atoms with E-state index in [4.69, 9.17) is 4.74 Å². The lowest BCUT2D eigenvalue weighted by molar-refractivity contribution is -0.133. The molecule has 2 aliphatic rings. The molecule has 2 aliphatic carbocycles. The van der Waals surface area contributed by atoms with Gasteiger partial charge >= 0.3 is 0 Å². The van der Waals surface area contributed by atoms with Gasteiger partial charge in [-0.1, -0.05) is 24.3 Å². The van der Waals surface area contributed by atoms with Crippen LogP contribution in [0.25, 0.3) is 0 Å². The molecule has 0 aliphatic heterocycles. The number of halogens is 1. The van der Waals surface area contributed by atoms with Crippen LogP contribution in [0.5, 0.6) is 0 Å². The molecule has 0 spiro atoms. The summed E-state index contributed by atoms with van der Waals surface area (Å²) in [7, 11) is 1.68. The fourth-order valence-electron chi connectivity index (χ4n) is 3.46. The average molecular weight is 339 g/mol. The number of methoxy groups -OCH3 is 1. The van der Waals surface area contributed by atoms with Crippen LogP contribution in [0.3, 0.4) is 0 Å². The first-order chi connectivity index (χ1) is 10.8. The molecule has 3 rings (SSSR count). The quantitative estimate of drug-likeness (QED) is 0.777. The Bertz CT molecular complexity index is 519. The zero-order valence-electron chi connectivity index (χ0n) is 13.8. The molecule has 4 nitrogen and oxygen atoms in total. The van der Waals surface area contributed by atoms with E-state index < -0.39 is 0 Å². The van der Waals surface area contributed by atoms with Crippen molar-refractivity contribution in [3.05, 3.63) is 35.4 Å². The summed E-state index contributed by atoms with van der Waals surface area (Å²) in [6.07, 6.45) is 5.73. The van der Waals surface area contributed by atoms with E-state index in [1.54, 1.807) is 7.11 Å². The molecule has 1 saturated carbocycles. The summed E-state index contributed by atoms with van der Waals surface area (Å²) in [4.78, 5) is 14.9. The van der Waals surface area contributed by atoms with Gasteiger partial charge in [0, 0.05) is 19.7 Å². The van der Waals surface area contributed by atoms with E-state index in [9.17, 15) is 4.79 Å². The van der Waals surface area contributed by atoms with Gasteiger partial charge in [0.15, 0.2) is 0 Å². The predicted molar refractivity (Wildman–Crippen MR) is 94.0 cm³/mol. The Labute approximate surface area is 145 Å². The van der Waals surface area contributed by atoms with Crippen molar-refractivity contribution in [3.63, 3.8) is 0 Å². The number of fused-ring (bicyclic) bond motifs is 1. The van der Waals surface area contributed by atoms with Gasteiger partial charge in [0.05, 0.1) is 19.2 Å². The predicted octanol–water partition coefficient (Wildman–Crippen LogP) is 2.71. The molecule has 1 atom stereocenters. The minimum Gasteiger partial charge on any atom is -0.383 e. The highest BCUT2D eigenvalue weighted by Gasteiger charge is 2.38. The highest BCUT2D eigenvalue weighted by atomic mass is 35.5. The Morgan fingerprint density at radius 3 is 2.83 bits per heavy atom. The minimum atomic E-state index is 0. The standard InChI is InChI=1S/C18H26N2O2.ClH/c1-22-12-11-19-13-18(21)20(15-9-10-15)17-8-4-6-14-5-2-3-7-16(14)17;/h2-3,5,7,15,17,19H,4,6,8-13H2,1H3;1H. The van der Waals surface area contributed by atoms with Crippen LogP contribution < -0.4 is 5.32 Å². The third kappa shape index (κ3) is 4.46. The molecule has 1 fully saturated rings. The molecule has 0 bridgehead atoms. The van der Waals surface area contributed by atoms with Crippen molar-refractivity contribution >= 4 is 18.3 Å². The highest BCUT2D eigenvalue weighted by Crippen LogP contribution is 2.40. The summed E-state index contributed by atoms with van der Waals surface area (Å²) in [5.74, 6) is 0.236. The third-order valence-corrected chi connectivity index (χ3v) is 4.66. The summed E-state index contributed by atoms with van der Waals surface area (Å²) in [5.41, 5.74) is 2.79. The zero-order chi connectivity index (χ0) is 15.4. The van der Waals surface area contributed by atoms with Crippen molar-refractivity contribution in [1.29, 1.82) is 0 Å². The molecule has 5 heteroatoms. The smallest absolute Gasteiger partial charge is 0.237 e. The largest absolute Gasteiger partial charge is 0.383 e. The molecule has 0 saturated heterocycles. The number of ether oxygens (including phenoxy) is 1. The third-order valence-electron chi connectivity index (χ3n) is 4.66. The summed E-state index contributed by atoms with van der Waals surface area (Å²) in [6.45, 7) is 1.78. The van der Waals surface area contributed by atoms with Crippen LogP contribution >= 0.6 is 12.4 Å². The van der Waals surface area contributed by atoms with Crippen LogP contribution in [0, 0.1) is 0 Å². The SMILES string of the molecule is COCCNCC(=O)N(C1CC1)C1CCCc2ccccc21.Cl. The molecule has 1 amide bonds. The van der Waals surface area contributed by atoms with E-state index in [0.717, 1.165) is 32.2 Å². The van der Waals surface area contributed by atoms with E-state index in [1.165, 1.54) is 17.5 Å². The van der Waals surface area contributed by atoms with E-state index in [0.29, 0.717) is 19.2 Å². The number of nitrogens with one attached hydrogen (secondary N) is 1. The van der Waals surface area contributed by atoms with Crippen LogP contribution in [-0.2, 0) is 16.0 Å². The summed E-state index contributed by atoms with van der Waals surface area (Å²) in [6, 6.07) is 9.36. The number of nitrogens with zero attached hydrogens (tertiary/aromatic N) is 1. The normalized spacial score (nSPS) is 19.6. The second kappa shape index (κ2) is 8.67. The van der Waals surface area contributed by atoms with Crippen molar-refractivity contribution in [2.75, 3.05) is 26.8 Å². The van der Waals surface area contributed by atoms with Crippen LogP contribution in [-0.4, -0.2) is 43.7 Å². The van der Waals surface area contributed by atoms with E-state index in [-0.39, 0.29) is 24.4 Å². The van der Waals surface area contributed by atoms with Gasteiger partial charge in [-0.2, -0.15) is 0 Å². The topological polar surface area (TPSA) is 41.6 Å². The van der Waals surface area contributed by atoms with Crippen LogP contribution in [0.4, 0.5) is 0 Å². The lowest BCUT2D eigenvalue weighted by Gasteiger charge is -2.36. The van der Waals surface area contributed by atoms with Crippen molar-refractivity contribution < 1.29 is 9.53 Å². The van der Waals surface area contributed by atoms with Crippen LogP contribution in [0.1, 0.15) is 42.9 Å². The lowest BCUT2D eigenvalue weighted by atomic mass is 9.86. The first kappa shape index (κ1) is 18.2. The summed E-state index contributed by atoms with van der Waals surface area (Å²) in [5, 5.41) is 3.20. The van der Waals surface area contributed by atoms with E-state index >= 15 is 0 Å². The van der Waals surface area contributed by atoms with Gasteiger partial charge in [-0.3, -0.25) is 4.79 Å². The highest BCUT2D eigenvalue weighted by molar-refractivity contribution is 5.85. The van der Waals surface area contributed by atoms with Gasteiger partial charge in [-0.05, 0) is 43.2 Å². The van der Waals surface area contributed by atoms with Crippen molar-refractivity contribution in [3.8, 4) is 0 Å². The second-order valence-corrected chi connectivity index (χ2v) is 6.31. The number of hydrogen-bond acceptors (Lipinski definition) is 3. The second-order valence-electron chi connectivity index (χ2n) is 6.31. The number of hydrogen-bond donors (Lipinski definition) is 1. The summed E-state index contributed by atoms with van der Waals surface area (Å²) < 4.78 is 5.02. The molecule has 1 aromatic carbocycles. The average Bonchev–Trinajstić information content (AvgIpc) is 3.37. The fourth-order valence-corrected chi connectivity index (χ4v) is 3.46. The number of amides is 1. The molecule has 0 heterocycles. The van der Waals surface area contributed by atoms with Gasteiger partial charge in [-0.15, -0.1) is 12.4 Å². The molecule has 23 heavy (non-hydrogen) atoms. The maximum Gasteiger partial charge on any atom is 0.237 e. The first-order valence-corrected chi connectivity index (χ1v) is 8.40. The van der Waals surface area contributed by atoms with Gasteiger partial charge in [0.2, 0.25) is 5.91 Å². The number of carbonyl (C=O) groups is 1. The Hall–Kier alpha value is -1.10. The molecule has 0 radical (unpaired) electrons. The van der Waals surface area contributed by atoms with Gasteiger partial charge < -0.3 is 15.0 Å². The maximum atomic E-state index is 12.7. The molecule has 128 valence electrons.